The van der Waals surface area contributed by atoms with Gasteiger partial charge >= 0.3 is 6.03 Å². The predicted molar refractivity (Wildman–Crippen MR) is 113 cm³/mol. The number of hydrogen-bond acceptors (Lipinski definition) is 7. The van der Waals surface area contributed by atoms with E-state index in [9.17, 15) is 9.59 Å². The van der Waals surface area contributed by atoms with Crippen molar-refractivity contribution in [2.24, 2.45) is 0 Å². The summed E-state index contributed by atoms with van der Waals surface area (Å²) in [5.41, 5.74) is 1.92. The third kappa shape index (κ3) is 3.93. The van der Waals surface area contributed by atoms with Crippen LogP contribution in [0.2, 0.25) is 0 Å². The number of ether oxygens (including phenoxy) is 2. The third-order valence-electron chi connectivity index (χ3n) is 5.01. The van der Waals surface area contributed by atoms with Crippen LogP contribution in [0.5, 0.6) is 11.5 Å². The Morgan fingerprint density at radius 1 is 1.10 bits per heavy atom. The fourth-order valence-electron chi connectivity index (χ4n) is 3.47. The van der Waals surface area contributed by atoms with Crippen LogP contribution in [0.1, 0.15) is 5.56 Å². The Balaban J connectivity index is 1.42. The first-order valence-electron chi connectivity index (χ1n) is 9.77. The maximum atomic E-state index is 12.5. The molecule has 0 radical (unpaired) electrons. The minimum absolute atomic E-state index is 0.0987. The maximum absolute atomic E-state index is 12.5. The van der Waals surface area contributed by atoms with Gasteiger partial charge in [-0.1, -0.05) is 48.2 Å². The molecule has 3 aromatic rings. The molecule has 9 nitrogen and oxygen atoms in total. The monoisotopic (exact) mass is 437 g/mol. The molecule has 0 aliphatic carbocycles. The van der Waals surface area contributed by atoms with Gasteiger partial charge in [0.2, 0.25) is 12.7 Å². The molecule has 10 heteroatoms. The van der Waals surface area contributed by atoms with E-state index in [0.29, 0.717) is 36.4 Å². The summed E-state index contributed by atoms with van der Waals surface area (Å²) >= 11 is 1.27. The molecule has 0 unspecified atom stereocenters. The molecule has 1 fully saturated rings. The standard InChI is InChI=1S/C21H19N5O4S/c27-18(25-9-8-22-20(25)28)12-31-21-24-23-19(15-4-2-1-3-5-15)26(21)11-14-6-7-16-17(10-14)30-13-29-16/h1-7,10H,8-9,11-13H2,(H,22,28). The third-order valence-corrected chi connectivity index (χ3v) is 5.96. The molecular formula is C21H19N5O4S. The van der Waals surface area contributed by atoms with E-state index in [2.05, 4.69) is 15.5 Å². The zero-order valence-electron chi connectivity index (χ0n) is 16.5. The van der Waals surface area contributed by atoms with Crippen molar-refractivity contribution in [3.05, 3.63) is 54.1 Å². The van der Waals surface area contributed by atoms with Crippen LogP contribution >= 0.6 is 11.8 Å². The number of rotatable bonds is 6. The normalized spacial score (nSPS) is 14.7. The molecule has 2 aliphatic rings. The highest BCUT2D eigenvalue weighted by Gasteiger charge is 2.27. The average molecular weight is 437 g/mol. The van der Waals surface area contributed by atoms with Crippen LogP contribution < -0.4 is 14.8 Å². The average Bonchev–Trinajstić information content (AvgIpc) is 3.52. The summed E-state index contributed by atoms with van der Waals surface area (Å²) in [5, 5.41) is 11.9. The number of carbonyl (C=O) groups is 2. The van der Waals surface area contributed by atoms with Gasteiger partial charge in [0.05, 0.1) is 12.3 Å². The number of carbonyl (C=O) groups excluding carboxylic acids is 2. The van der Waals surface area contributed by atoms with Gasteiger partial charge in [0.15, 0.2) is 22.5 Å². The zero-order chi connectivity index (χ0) is 21.2. The number of nitrogens with zero attached hydrogens (tertiary/aromatic N) is 4. The van der Waals surface area contributed by atoms with Gasteiger partial charge in [-0.2, -0.15) is 0 Å². The van der Waals surface area contributed by atoms with Crippen LogP contribution in [0, 0.1) is 0 Å². The molecule has 0 bridgehead atoms. The van der Waals surface area contributed by atoms with Gasteiger partial charge in [0.1, 0.15) is 0 Å². The Bertz CT molecular complexity index is 1130. The Morgan fingerprint density at radius 2 is 1.94 bits per heavy atom. The fourth-order valence-corrected chi connectivity index (χ4v) is 4.29. The van der Waals surface area contributed by atoms with Crippen molar-refractivity contribution in [1.82, 2.24) is 25.0 Å². The predicted octanol–water partition coefficient (Wildman–Crippen LogP) is 2.37. The topological polar surface area (TPSA) is 98.6 Å². The van der Waals surface area contributed by atoms with Crippen LogP contribution in [0.25, 0.3) is 11.4 Å². The highest BCUT2D eigenvalue weighted by atomic mass is 32.2. The molecule has 2 aromatic carbocycles. The second-order valence-corrected chi connectivity index (χ2v) is 7.95. The minimum Gasteiger partial charge on any atom is -0.454 e. The molecule has 2 aliphatic heterocycles. The van der Waals surface area contributed by atoms with Gasteiger partial charge in [-0.15, -0.1) is 10.2 Å². The van der Waals surface area contributed by atoms with Gasteiger partial charge in [0, 0.05) is 18.7 Å². The Kier molecular flexibility index (Phi) is 5.21. The first kappa shape index (κ1) is 19.4. The summed E-state index contributed by atoms with van der Waals surface area (Å²) in [6, 6.07) is 15.2. The molecule has 5 rings (SSSR count). The molecule has 1 N–H and O–H groups in total. The number of amides is 3. The zero-order valence-corrected chi connectivity index (χ0v) is 17.3. The Hall–Kier alpha value is -3.53. The lowest BCUT2D eigenvalue weighted by atomic mass is 10.2. The van der Waals surface area contributed by atoms with E-state index in [1.165, 1.54) is 16.7 Å². The van der Waals surface area contributed by atoms with Gasteiger partial charge in [-0.3, -0.25) is 14.3 Å². The van der Waals surface area contributed by atoms with E-state index in [4.69, 9.17) is 9.47 Å². The van der Waals surface area contributed by atoms with Crippen molar-refractivity contribution < 1.29 is 19.1 Å². The van der Waals surface area contributed by atoms with Gasteiger partial charge in [0.25, 0.3) is 0 Å². The molecule has 1 aromatic heterocycles. The van der Waals surface area contributed by atoms with Crippen LogP contribution in [0.4, 0.5) is 4.79 Å². The van der Waals surface area contributed by atoms with Crippen molar-refractivity contribution in [3.8, 4) is 22.9 Å². The van der Waals surface area contributed by atoms with Crippen LogP contribution in [-0.2, 0) is 11.3 Å². The summed E-state index contributed by atoms with van der Waals surface area (Å²) in [7, 11) is 0. The summed E-state index contributed by atoms with van der Waals surface area (Å²) in [6.45, 7) is 1.58. The molecule has 158 valence electrons. The number of benzene rings is 2. The maximum Gasteiger partial charge on any atom is 0.324 e. The summed E-state index contributed by atoms with van der Waals surface area (Å²) < 4.78 is 12.9. The molecule has 0 saturated carbocycles. The van der Waals surface area contributed by atoms with Crippen molar-refractivity contribution in [1.29, 1.82) is 0 Å². The lowest BCUT2D eigenvalue weighted by Gasteiger charge is -2.13. The van der Waals surface area contributed by atoms with Gasteiger partial charge in [-0.05, 0) is 17.7 Å². The van der Waals surface area contributed by atoms with Crippen molar-refractivity contribution >= 4 is 23.7 Å². The van der Waals surface area contributed by atoms with Gasteiger partial charge < -0.3 is 14.8 Å². The number of hydrogen-bond donors (Lipinski definition) is 1. The second-order valence-electron chi connectivity index (χ2n) is 7.01. The number of nitrogens with one attached hydrogen (secondary N) is 1. The number of imide groups is 1. The van der Waals surface area contributed by atoms with Crippen molar-refractivity contribution in [2.75, 3.05) is 25.6 Å². The van der Waals surface area contributed by atoms with E-state index in [-0.39, 0.29) is 24.5 Å². The van der Waals surface area contributed by atoms with E-state index in [1.807, 2.05) is 53.1 Å². The molecule has 3 amide bonds. The van der Waals surface area contributed by atoms with E-state index >= 15 is 0 Å². The lowest BCUT2D eigenvalue weighted by molar-refractivity contribution is -0.124. The highest BCUT2D eigenvalue weighted by molar-refractivity contribution is 7.99. The molecular weight excluding hydrogens is 418 g/mol. The quantitative estimate of drug-likeness (QED) is 0.591. The first-order chi connectivity index (χ1) is 15.2. The molecule has 1 saturated heterocycles. The van der Waals surface area contributed by atoms with E-state index in [1.54, 1.807) is 0 Å². The minimum atomic E-state index is -0.350. The van der Waals surface area contributed by atoms with Crippen molar-refractivity contribution in [3.63, 3.8) is 0 Å². The molecule has 0 spiro atoms. The summed E-state index contributed by atoms with van der Waals surface area (Å²) in [5.74, 6) is 1.98. The Labute approximate surface area is 182 Å². The second kappa shape index (κ2) is 8.31. The SMILES string of the molecule is O=C(CSc1nnc(-c2ccccc2)n1Cc1ccc2c(c1)OCO2)N1CCNC1=O. The highest BCUT2D eigenvalue weighted by Crippen LogP contribution is 2.33. The number of fused-ring (bicyclic) bond motifs is 1. The summed E-state index contributed by atoms with van der Waals surface area (Å²) in [6.07, 6.45) is 0. The van der Waals surface area contributed by atoms with Crippen molar-refractivity contribution in [2.45, 2.75) is 11.7 Å². The van der Waals surface area contributed by atoms with Gasteiger partial charge in [-0.25, -0.2) is 4.79 Å². The van der Waals surface area contributed by atoms with E-state index in [0.717, 1.165) is 16.9 Å². The smallest absolute Gasteiger partial charge is 0.324 e. The van der Waals surface area contributed by atoms with Crippen LogP contribution in [-0.4, -0.2) is 57.2 Å². The largest absolute Gasteiger partial charge is 0.454 e. The van der Waals surface area contributed by atoms with Crippen LogP contribution in [0.3, 0.4) is 0 Å². The lowest BCUT2D eigenvalue weighted by Crippen LogP contribution is -2.35. The molecule has 31 heavy (non-hydrogen) atoms. The fraction of sp³-hybridized carbons (Fsp3) is 0.238. The first-order valence-corrected chi connectivity index (χ1v) is 10.8. The number of aromatic nitrogens is 3. The summed E-state index contributed by atoms with van der Waals surface area (Å²) in [4.78, 5) is 25.4. The Morgan fingerprint density at radius 3 is 2.74 bits per heavy atom. The van der Waals surface area contributed by atoms with Crippen LogP contribution in [0.15, 0.2) is 53.7 Å². The number of thioether (sulfide) groups is 1. The number of urea groups is 1. The molecule has 0 atom stereocenters. The van der Waals surface area contributed by atoms with E-state index < -0.39 is 0 Å². The molecule has 3 heterocycles.